The lowest BCUT2D eigenvalue weighted by atomic mass is 9.95. The van der Waals surface area contributed by atoms with E-state index in [1.54, 1.807) is 56.3 Å². The number of oxazole rings is 1. The largest absolute Gasteiger partial charge is 0.478 e. The van der Waals surface area contributed by atoms with E-state index in [4.69, 9.17) is 25.7 Å². The van der Waals surface area contributed by atoms with Gasteiger partial charge in [0.25, 0.3) is 5.91 Å². The zero-order valence-electron chi connectivity index (χ0n) is 21.8. The van der Waals surface area contributed by atoms with E-state index >= 15 is 0 Å². The van der Waals surface area contributed by atoms with Crippen LogP contribution in [0.5, 0.6) is 0 Å². The molecule has 3 heterocycles. The molecule has 1 aliphatic heterocycles. The summed E-state index contributed by atoms with van der Waals surface area (Å²) >= 11 is 6.54. The Kier molecular flexibility index (Phi) is 7.66. The van der Waals surface area contributed by atoms with Gasteiger partial charge in [-0.2, -0.15) is 4.98 Å². The number of nitrogens with one attached hydrogen (secondary N) is 2. The van der Waals surface area contributed by atoms with Crippen molar-refractivity contribution in [3.63, 3.8) is 0 Å². The van der Waals surface area contributed by atoms with Gasteiger partial charge >= 0.3 is 18.1 Å². The summed E-state index contributed by atoms with van der Waals surface area (Å²) in [4.78, 5) is 52.7. The topological polar surface area (TPSA) is 159 Å². The van der Waals surface area contributed by atoms with Crippen LogP contribution in [0.4, 0.5) is 16.6 Å². The number of amides is 2. The van der Waals surface area contributed by atoms with Gasteiger partial charge in [-0.25, -0.2) is 24.5 Å². The molecule has 41 heavy (non-hydrogen) atoms. The van der Waals surface area contributed by atoms with Crippen LogP contribution in [0, 0.1) is 0 Å². The van der Waals surface area contributed by atoms with Crippen molar-refractivity contribution < 1.29 is 28.6 Å². The normalized spacial score (nSPS) is 15.0. The van der Waals surface area contributed by atoms with Gasteiger partial charge in [0.15, 0.2) is 5.58 Å². The fourth-order valence-corrected chi connectivity index (χ4v) is 4.51. The number of fused-ring (bicyclic) bond motifs is 1. The summed E-state index contributed by atoms with van der Waals surface area (Å²) < 4.78 is 11.1. The van der Waals surface area contributed by atoms with Crippen molar-refractivity contribution in [1.29, 1.82) is 0 Å². The Bertz CT molecular complexity index is 1700. The number of rotatable bonds is 6. The molecule has 1 atom stereocenters. The van der Waals surface area contributed by atoms with Crippen LogP contribution in [0.1, 0.15) is 35.8 Å². The molecule has 12 nitrogen and oxygen atoms in total. The number of allylic oxidation sites excluding steroid dienone is 1. The minimum absolute atomic E-state index is 0.00447. The van der Waals surface area contributed by atoms with E-state index in [9.17, 15) is 19.5 Å². The SMILES string of the molecule is CCOC(=O)N1C(Nc2nc3ccccc3o2)=NC(c2ccccc2Cl)C(C(=O)Nc2cc(C(=O)O)ccn2)=C1C. The van der Waals surface area contributed by atoms with Gasteiger partial charge in [0.1, 0.15) is 17.4 Å². The van der Waals surface area contributed by atoms with Crippen LogP contribution in [0.25, 0.3) is 11.1 Å². The molecule has 0 radical (unpaired) electrons. The van der Waals surface area contributed by atoms with Crippen molar-refractivity contribution in [3.05, 3.63) is 94.3 Å². The summed E-state index contributed by atoms with van der Waals surface area (Å²) in [5.41, 5.74) is 1.74. The molecule has 0 saturated carbocycles. The molecule has 2 aromatic heterocycles. The molecule has 0 bridgehead atoms. The summed E-state index contributed by atoms with van der Waals surface area (Å²) in [5, 5.41) is 15.2. The average molecular weight is 575 g/mol. The number of aromatic carboxylic acids is 1. The number of carbonyl (C=O) groups is 3. The second kappa shape index (κ2) is 11.5. The highest BCUT2D eigenvalue weighted by Crippen LogP contribution is 2.38. The third-order valence-corrected chi connectivity index (χ3v) is 6.46. The van der Waals surface area contributed by atoms with Gasteiger partial charge in [-0.05, 0) is 44.2 Å². The highest BCUT2D eigenvalue weighted by Gasteiger charge is 2.38. The number of halogens is 1. The minimum atomic E-state index is -1.18. The average Bonchev–Trinajstić information content (AvgIpc) is 3.35. The lowest BCUT2D eigenvalue weighted by Gasteiger charge is -2.33. The van der Waals surface area contributed by atoms with Crippen LogP contribution in [0.3, 0.4) is 0 Å². The summed E-state index contributed by atoms with van der Waals surface area (Å²) in [7, 11) is 0. The lowest BCUT2D eigenvalue weighted by molar-refractivity contribution is -0.113. The molecule has 1 unspecified atom stereocenters. The number of nitrogens with zero attached hydrogens (tertiary/aromatic N) is 4. The summed E-state index contributed by atoms with van der Waals surface area (Å²) in [6.07, 6.45) is 0.458. The number of hydrogen-bond donors (Lipinski definition) is 3. The van der Waals surface area contributed by atoms with Gasteiger partial charge in [-0.15, -0.1) is 0 Å². The van der Waals surface area contributed by atoms with E-state index in [0.29, 0.717) is 21.7 Å². The first-order valence-corrected chi connectivity index (χ1v) is 12.8. The van der Waals surface area contributed by atoms with Crippen molar-refractivity contribution >= 4 is 58.5 Å². The van der Waals surface area contributed by atoms with Crippen molar-refractivity contribution in [2.75, 3.05) is 17.2 Å². The van der Waals surface area contributed by atoms with Crippen molar-refractivity contribution in [1.82, 2.24) is 14.9 Å². The quantitative estimate of drug-likeness (QED) is 0.271. The van der Waals surface area contributed by atoms with Crippen LogP contribution in [0.2, 0.25) is 5.02 Å². The number of guanidine groups is 1. The van der Waals surface area contributed by atoms with Crippen molar-refractivity contribution in [2.45, 2.75) is 19.9 Å². The number of carboxylic acids is 1. The zero-order chi connectivity index (χ0) is 29.1. The fraction of sp³-hybridized carbons (Fsp3) is 0.143. The van der Waals surface area contributed by atoms with E-state index in [-0.39, 0.29) is 41.2 Å². The van der Waals surface area contributed by atoms with E-state index in [0.717, 1.165) is 4.90 Å². The number of carboxylic acid groups (broad SMARTS) is 1. The number of aliphatic imine (C=N–C) groups is 1. The first-order valence-electron chi connectivity index (χ1n) is 12.4. The molecule has 13 heteroatoms. The second-order valence-electron chi connectivity index (χ2n) is 8.71. The van der Waals surface area contributed by atoms with Crippen molar-refractivity contribution in [2.24, 2.45) is 4.99 Å². The van der Waals surface area contributed by atoms with Gasteiger partial charge in [-0.3, -0.25) is 10.1 Å². The molecule has 1 aliphatic rings. The Morgan fingerprint density at radius 2 is 1.88 bits per heavy atom. The fourth-order valence-electron chi connectivity index (χ4n) is 4.27. The van der Waals surface area contributed by atoms with E-state index in [1.165, 1.54) is 18.3 Å². The molecule has 0 aliphatic carbocycles. The molecule has 0 fully saturated rings. The Hall–Kier alpha value is -5.23. The predicted octanol–water partition coefficient (Wildman–Crippen LogP) is 5.47. The Labute approximate surface area is 238 Å². The Morgan fingerprint density at radius 1 is 1.12 bits per heavy atom. The van der Waals surface area contributed by atoms with Crippen molar-refractivity contribution in [3.8, 4) is 0 Å². The monoisotopic (exact) mass is 574 g/mol. The molecule has 3 N–H and O–H groups in total. The van der Waals surface area contributed by atoms with Crippen LogP contribution in [-0.4, -0.2) is 50.5 Å². The molecule has 0 saturated heterocycles. The third-order valence-electron chi connectivity index (χ3n) is 6.12. The van der Waals surface area contributed by atoms with Crippen LogP contribution < -0.4 is 10.6 Å². The predicted molar refractivity (Wildman–Crippen MR) is 151 cm³/mol. The first kappa shape index (κ1) is 27.3. The summed E-state index contributed by atoms with van der Waals surface area (Å²) in [6.45, 7) is 3.26. The maximum absolute atomic E-state index is 13.8. The van der Waals surface area contributed by atoms with E-state index in [2.05, 4.69) is 20.6 Å². The molecule has 2 aromatic carbocycles. The first-order chi connectivity index (χ1) is 19.8. The number of anilines is 2. The molecule has 4 aromatic rings. The maximum Gasteiger partial charge on any atom is 0.421 e. The van der Waals surface area contributed by atoms with Gasteiger partial charge in [0, 0.05) is 22.5 Å². The standard InChI is InChI=1S/C28H23ClN6O6/c1-3-40-28(39)35-15(2)22(24(36)32-21-14-16(25(37)38)12-13-30-21)23(17-8-4-5-9-18(17)29)33-26(35)34-27-31-19-10-6-7-11-20(19)41-27/h4-14,23H,3H2,1-2H3,(H,37,38)(H,30,32,36)(H,31,33,34). The highest BCUT2D eigenvalue weighted by atomic mass is 35.5. The number of carbonyl (C=O) groups excluding carboxylic acids is 2. The number of para-hydroxylation sites is 2. The third kappa shape index (κ3) is 5.58. The minimum Gasteiger partial charge on any atom is -0.478 e. The number of pyridine rings is 1. The summed E-state index contributed by atoms with van der Waals surface area (Å²) in [5.74, 6) is -1.88. The lowest BCUT2D eigenvalue weighted by Crippen LogP contribution is -2.45. The van der Waals surface area contributed by atoms with Crippen LogP contribution in [-0.2, 0) is 9.53 Å². The van der Waals surface area contributed by atoms with Gasteiger partial charge < -0.3 is 19.6 Å². The molecule has 0 spiro atoms. The number of hydrogen-bond acceptors (Lipinski definition) is 9. The summed E-state index contributed by atoms with van der Waals surface area (Å²) in [6, 6.07) is 15.5. The Balaban J connectivity index is 1.61. The van der Waals surface area contributed by atoms with Gasteiger partial charge in [0.05, 0.1) is 17.7 Å². The van der Waals surface area contributed by atoms with Crippen LogP contribution >= 0.6 is 11.6 Å². The molecule has 5 rings (SSSR count). The smallest absolute Gasteiger partial charge is 0.421 e. The molecular formula is C28H23ClN6O6. The molecule has 2 amide bonds. The highest BCUT2D eigenvalue weighted by molar-refractivity contribution is 6.31. The van der Waals surface area contributed by atoms with E-state index < -0.39 is 24.0 Å². The number of ether oxygens (including phenoxy) is 1. The van der Waals surface area contributed by atoms with E-state index in [1.807, 2.05) is 6.07 Å². The van der Waals surface area contributed by atoms with Gasteiger partial charge in [-0.1, -0.05) is 41.9 Å². The number of aromatic nitrogens is 2. The Morgan fingerprint density at radius 3 is 2.61 bits per heavy atom. The zero-order valence-corrected chi connectivity index (χ0v) is 22.5. The van der Waals surface area contributed by atoms with Gasteiger partial charge in [0.2, 0.25) is 5.96 Å². The second-order valence-corrected chi connectivity index (χ2v) is 9.12. The molecule has 208 valence electrons. The number of benzene rings is 2. The molecular weight excluding hydrogens is 552 g/mol. The maximum atomic E-state index is 13.8. The van der Waals surface area contributed by atoms with Crippen LogP contribution in [0.15, 0.2) is 87.5 Å².